The summed E-state index contributed by atoms with van der Waals surface area (Å²) < 4.78 is 13.0. The summed E-state index contributed by atoms with van der Waals surface area (Å²) in [5.74, 6) is -0.180. The summed E-state index contributed by atoms with van der Waals surface area (Å²) in [7, 11) is 0. The number of benzene rings is 1. The Morgan fingerprint density at radius 3 is 2.25 bits per heavy atom. The van der Waals surface area contributed by atoms with E-state index in [9.17, 15) is 4.39 Å². The Morgan fingerprint density at radius 1 is 1.25 bits per heavy atom. The van der Waals surface area contributed by atoms with E-state index in [1.54, 1.807) is 11.8 Å². The monoisotopic (exact) mass is 239 g/mol. The van der Waals surface area contributed by atoms with Gasteiger partial charge in [0.2, 0.25) is 0 Å². The molecule has 0 radical (unpaired) electrons. The zero-order chi connectivity index (χ0) is 11.8. The van der Waals surface area contributed by atoms with Crippen LogP contribution in [0, 0.1) is 11.2 Å². The fourth-order valence-electron chi connectivity index (χ4n) is 2.70. The van der Waals surface area contributed by atoms with E-state index >= 15 is 0 Å². The van der Waals surface area contributed by atoms with Gasteiger partial charge in [0.25, 0.3) is 0 Å². The van der Waals surface area contributed by atoms with Crippen molar-refractivity contribution in [1.29, 1.82) is 0 Å². The highest BCUT2D eigenvalue weighted by atomic mass is 32.2. The molecule has 0 aromatic heterocycles. The Hall–Kier alpha value is -0.540. The molecule has 1 fully saturated rings. The number of nitrogens with two attached hydrogens (primary N) is 1. The third-order valence-electron chi connectivity index (χ3n) is 3.12. The number of rotatable bonds is 3. The lowest BCUT2D eigenvalue weighted by atomic mass is 9.64. The van der Waals surface area contributed by atoms with Crippen molar-refractivity contribution in [2.45, 2.75) is 36.3 Å². The molecule has 2 rings (SSSR count). The molecule has 1 aromatic carbocycles. The molecule has 0 amide bonds. The van der Waals surface area contributed by atoms with Gasteiger partial charge >= 0.3 is 0 Å². The minimum absolute atomic E-state index is 0.168. The van der Waals surface area contributed by atoms with E-state index in [1.165, 1.54) is 12.1 Å². The van der Waals surface area contributed by atoms with Crippen molar-refractivity contribution in [2.75, 3.05) is 6.54 Å². The summed E-state index contributed by atoms with van der Waals surface area (Å²) in [6, 6.07) is 6.69. The van der Waals surface area contributed by atoms with Crippen LogP contribution in [0.1, 0.15) is 26.7 Å². The van der Waals surface area contributed by atoms with Gasteiger partial charge in [0.15, 0.2) is 0 Å². The maximum atomic E-state index is 12.8. The van der Waals surface area contributed by atoms with Gasteiger partial charge in [0, 0.05) is 16.2 Å². The number of halogens is 1. The predicted octanol–water partition coefficient (Wildman–Crippen LogP) is 3.44. The van der Waals surface area contributed by atoms with Crippen LogP contribution in [-0.2, 0) is 0 Å². The second-order valence-corrected chi connectivity index (χ2v) is 7.00. The summed E-state index contributed by atoms with van der Waals surface area (Å²) in [4.78, 5) is 1.11. The van der Waals surface area contributed by atoms with Crippen molar-refractivity contribution in [3.8, 4) is 0 Å². The number of hydrogen-bond acceptors (Lipinski definition) is 2. The Labute approximate surface area is 101 Å². The van der Waals surface area contributed by atoms with Gasteiger partial charge in [-0.2, -0.15) is 0 Å². The molecule has 1 aromatic rings. The Morgan fingerprint density at radius 2 is 1.81 bits per heavy atom. The van der Waals surface area contributed by atoms with Crippen LogP contribution in [0.15, 0.2) is 29.2 Å². The first-order valence-electron chi connectivity index (χ1n) is 5.59. The average Bonchev–Trinajstić information content (AvgIpc) is 2.18. The van der Waals surface area contributed by atoms with Crippen LogP contribution in [0.25, 0.3) is 0 Å². The lowest BCUT2D eigenvalue weighted by Gasteiger charge is -2.52. The molecular formula is C13H18FNS. The van der Waals surface area contributed by atoms with Crippen LogP contribution >= 0.6 is 11.8 Å². The minimum Gasteiger partial charge on any atom is -0.329 e. The van der Waals surface area contributed by atoms with Crippen molar-refractivity contribution in [1.82, 2.24) is 0 Å². The third kappa shape index (κ3) is 2.41. The van der Waals surface area contributed by atoms with Crippen molar-refractivity contribution in [3.63, 3.8) is 0 Å². The van der Waals surface area contributed by atoms with E-state index < -0.39 is 0 Å². The Kier molecular flexibility index (Phi) is 3.01. The smallest absolute Gasteiger partial charge is 0.123 e. The largest absolute Gasteiger partial charge is 0.329 e. The Balaban J connectivity index is 2.06. The van der Waals surface area contributed by atoms with E-state index in [1.807, 2.05) is 12.1 Å². The molecule has 0 saturated heterocycles. The van der Waals surface area contributed by atoms with Crippen molar-refractivity contribution < 1.29 is 4.39 Å². The summed E-state index contributed by atoms with van der Waals surface area (Å²) in [5, 5.41) is 0. The number of thioether (sulfide) groups is 1. The molecular weight excluding hydrogens is 221 g/mol. The average molecular weight is 239 g/mol. The van der Waals surface area contributed by atoms with Crippen molar-refractivity contribution in [2.24, 2.45) is 11.1 Å². The van der Waals surface area contributed by atoms with Crippen LogP contribution in [0.4, 0.5) is 4.39 Å². The van der Waals surface area contributed by atoms with Gasteiger partial charge in [-0.1, -0.05) is 13.8 Å². The highest BCUT2D eigenvalue weighted by Crippen LogP contribution is 2.56. The lowest BCUT2D eigenvalue weighted by molar-refractivity contribution is 0.132. The maximum absolute atomic E-state index is 12.8. The van der Waals surface area contributed by atoms with Gasteiger partial charge in [0.1, 0.15) is 5.82 Å². The molecule has 16 heavy (non-hydrogen) atoms. The van der Waals surface area contributed by atoms with Gasteiger partial charge in [-0.05, 0) is 42.5 Å². The van der Waals surface area contributed by atoms with E-state index in [-0.39, 0.29) is 10.6 Å². The first-order valence-corrected chi connectivity index (χ1v) is 6.41. The van der Waals surface area contributed by atoms with Crippen LogP contribution in [-0.4, -0.2) is 11.3 Å². The first kappa shape index (κ1) is 11.9. The summed E-state index contributed by atoms with van der Waals surface area (Å²) >= 11 is 1.80. The van der Waals surface area contributed by atoms with Crippen LogP contribution in [0.2, 0.25) is 0 Å². The zero-order valence-electron chi connectivity index (χ0n) is 9.79. The molecule has 1 aliphatic rings. The van der Waals surface area contributed by atoms with E-state index in [4.69, 9.17) is 5.73 Å². The van der Waals surface area contributed by atoms with Gasteiger partial charge in [0.05, 0.1) is 0 Å². The van der Waals surface area contributed by atoms with Gasteiger partial charge < -0.3 is 5.73 Å². The standard InChI is InChI=1S/C13H18FNS/c1-12(2)7-13(8-12,9-15)16-11-5-3-10(14)4-6-11/h3-6H,7-9,15H2,1-2H3. The lowest BCUT2D eigenvalue weighted by Crippen LogP contribution is -2.51. The van der Waals surface area contributed by atoms with E-state index in [2.05, 4.69) is 13.8 Å². The highest BCUT2D eigenvalue weighted by Gasteiger charge is 2.48. The molecule has 0 heterocycles. The molecule has 88 valence electrons. The normalized spacial score (nSPS) is 21.5. The summed E-state index contributed by atoms with van der Waals surface area (Å²) in [6.07, 6.45) is 2.27. The summed E-state index contributed by atoms with van der Waals surface area (Å²) in [6.45, 7) is 5.23. The molecule has 1 saturated carbocycles. The highest BCUT2D eigenvalue weighted by molar-refractivity contribution is 8.00. The maximum Gasteiger partial charge on any atom is 0.123 e. The molecule has 0 unspecified atom stereocenters. The quantitative estimate of drug-likeness (QED) is 0.874. The minimum atomic E-state index is -0.180. The first-order chi connectivity index (χ1) is 7.45. The fourth-order valence-corrected chi connectivity index (χ4v) is 4.48. The van der Waals surface area contributed by atoms with Crippen LogP contribution < -0.4 is 5.73 Å². The molecule has 0 aliphatic heterocycles. The molecule has 0 atom stereocenters. The van der Waals surface area contributed by atoms with Gasteiger partial charge in [-0.15, -0.1) is 11.8 Å². The van der Waals surface area contributed by atoms with Crippen molar-refractivity contribution >= 4 is 11.8 Å². The van der Waals surface area contributed by atoms with E-state index in [0.29, 0.717) is 12.0 Å². The van der Waals surface area contributed by atoms with Crippen LogP contribution in [0.3, 0.4) is 0 Å². The van der Waals surface area contributed by atoms with Gasteiger partial charge in [-0.3, -0.25) is 0 Å². The van der Waals surface area contributed by atoms with Gasteiger partial charge in [-0.25, -0.2) is 4.39 Å². The fraction of sp³-hybridized carbons (Fsp3) is 0.538. The second kappa shape index (κ2) is 4.04. The third-order valence-corrected chi connectivity index (χ3v) is 4.52. The molecule has 0 bridgehead atoms. The van der Waals surface area contributed by atoms with Crippen LogP contribution in [0.5, 0.6) is 0 Å². The molecule has 2 N–H and O–H groups in total. The Bertz CT molecular complexity index is 364. The topological polar surface area (TPSA) is 26.0 Å². The zero-order valence-corrected chi connectivity index (χ0v) is 10.6. The molecule has 0 spiro atoms. The van der Waals surface area contributed by atoms with Crippen molar-refractivity contribution in [3.05, 3.63) is 30.1 Å². The molecule has 1 aliphatic carbocycles. The second-order valence-electron chi connectivity index (χ2n) is 5.46. The SMILES string of the molecule is CC1(C)CC(CN)(Sc2ccc(F)cc2)C1. The number of hydrogen-bond donors (Lipinski definition) is 1. The summed E-state index contributed by atoms with van der Waals surface area (Å²) in [5.41, 5.74) is 6.28. The molecule has 1 nitrogen and oxygen atoms in total. The molecule has 3 heteroatoms. The van der Waals surface area contributed by atoms with E-state index in [0.717, 1.165) is 17.7 Å². The predicted molar refractivity (Wildman–Crippen MR) is 67.1 cm³/mol.